The number of H-pyrrole nitrogens is 1. The fourth-order valence-electron chi connectivity index (χ4n) is 4.59. The molecular formula is C31H22FN3O2. The molecule has 0 saturated heterocycles. The van der Waals surface area contributed by atoms with Crippen LogP contribution in [0.4, 0.5) is 4.39 Å². The highest BCUT2D eigenvalue weighted by Gasteiger charge is 2.12. The van der Waals surface area contributed by atoms with Crippen molar-refractivity contribution < 1.29 is 14.0 Å². The SMILES string of the molecule is O=C(Cc1ccc2c(cnn2-c2ccc(CC(=O)c3ccc4[nH]ccc4c3)cc2)c1)c1ccc(F)cc1. The average molecular weight is 488 g/mol. The van der Waals surface area contributed by atoms with E-state index in [2.05, 4.69) is 10.1 Å². The molecule has 4 aromatic carbocycles. The molecule has 0 aliphatic heterocycles. The Morgan fingerprint density at radius 1 is 0.730 bits per heavy atom. The zero-order valence-electron chi connectivity index (χ0n) is 19.8. The van der Waals surface area contributed by atoms with Crippen LogP contribution in [0.15, 0.2) is 103 Å². The smallest absolute Gasteiger partial charge is 0.167 e. The second-order valence-corrected chi connectivity index (χ2v) is 9.10. The van der Waals surface area contributed by atoms with E-state index >= 15 is 0 Å². The number of aromatic amines is 1. The van der Waals surface area contributed by atoms with Crippen molar-refractivity contribution in [1.82, 2.24) is 14.8 Å². The largest absolute Gasteiger partial charge is 0.361 e. The van der Waals surface area contributed by atoms with E-state index in [1.165, 1.54) is 24.3 Å². The number of nitrogens with one attached hydrogen (secondary N) is 1. The molecule has 0 spiro atoms. The maximum absolute atomic E-state index is 13.1. The minimum absolute atomic E-state index is 0.0649. The van der Waals surface area contributed by atoms with Gasteiger partial charge in [-0.15, -0.1) is 0 Å². The summed E-state index contributed by atoms with van der Waals surface area (Å²) >= 11 is 0. The number of hydrogen-bond acceptors (Lipinski definition) is 3. The van der Waals surface area contributed by atoms with Crippen molar-refractivity contribution >= 4 is 33.4 Å². The zero-order chi connectivity index (χ0) is 25.4. The van der Waals surface area contributed by atoms with Crippen LogP contribution in [-0.2, 0) is 12.8 Å². The lowest BCUT2D eigenvalue weighted by atomic mass is 10.0. The first-order valence-electron chi connectivity index (χ1n) is 12.0. The first-order valence-corrected chi connectivity index (χ1v) is 12.0. The van der Waals surface area contributed by atoms with E-state index in [9.17, 15) is 14.0 Å². The van der Waals surface area contributed by atoms with Gasteiger partial charge < -0.3 is 4.98 Å². The summed E-state index contributed by atoms with van der Waals surface area (Å²) < 4.78 is 15.0. The molecule has 6 heteroatoms. The molecular weight excluding hydrogens is 465 g/mol. The summed E-state index contributed by atoms with van der Waals surface area (Å²) in [5.74, 6) is -0.354. The van der Waals surface area contributed by atoms with E-state index in [0.29, 0.717) is 17.5 Å². The zero-order valence-corrected chi connectivity index (χ0v) is 19.8. The van der Waals surface area contributed by atoms with E-state index in [-0.39, 0.29) is 23.8 Å². The number of rotatable bonds is 7. The van der Waals surface area contributed by atoms with E-state index in [1.807, 2.05) is 77.6 Å². The summed E-state index contributed by atoms with van der Waals surface area (Å²) in [5, 5.41) is 6.48. The Morgan fingerprint density at radius 3 is 2.24 bits per heavy atom. The van der Waals surface area contributed by atoms with Crippen LogP contribution in [0.1, 0.15) is 31.8 Å². The van der Waals surface area contributed by atoms with Gasteiger partial charge in [0.15, 0.2) is 11.6 Å². The molecule has 0 aliphatic carbocycles. The number of fused-ring (bicyclic) bond motifs is 2. The maximum Gasteiger partial charge on any atom is 0.167 e. The van der Waals surface area contributed by atoms with Gasteiger partial charge in [-0.2, -0.15) is 5.10 Å². The molecule has 0 amide bonds. The number of ketones is 2. The third-order valence-electron chi connectivity index (χ3n) is 6.58. The molecule has 5 nitrogen and oxygen atoms in total. The van der Waals surface area contributed by atoms with Gasteiger partial charge in [-0.05, 0) is 83.9 Å². The van der Waals surface area contributed by atoms with Crippen LogP contribution in [0, 0.1) is 5.82 Å². The number of Topliss-reactive ketones (excluding diaryl/α,β-unsaturated/α-hetero) is 2. The van der Waals surface area contributed by atoms with Gasteiger partial charge in [0.2, 0.25) is 0 Å². The van der Waals surface area contributed by atoms with Crippen molar-refractivity contribution in [2.45, 2.75) is 12.8 Å². The first kappa shape index (κ1) is 22.6. The van der Waals surface area contributed by atoms with E-state index in [1.54, 1.807) is 6.20 Å². The van der Waals surface area contributed by atoms with Crippen LogP contribution >= 0.6 is 0 Å². The minimum atomic E-state index is -0.362. The van der Waals surface area contributed by atoms with Crippen LogP contribution in [0.25, 0.3) is 27.5 Å². The normalized spacial score (nSPS) is 11.3. The number of nitrogens with zero attached hydrogens (tertiary/aromatic N) is 2. The van der Waals surface area contributed by atoms with Gasteiger partial charge in [-0.1, -0.05) is 18.2 Å². The molecule has 1 N–H and O–H groups in total. The number of benzene rings is 4. The van der Waals surface area contributed by atoms with Crippen molar-refractivity contribution in [1.29, 1.82) is 0 Å². The maximum atomic E-state index is 13.1. The average Bonchev–Trinajstić information content (AvgIpc) is 3.56. The lowest BCUT2D eigenvalue weighted by molar-refractivity contribution is 0.0985. The quantitative estimate of drug-likeness (QED) is 0.262. The van der Waals surface area contributed by atoms with Gasteiger partial charge >= 0.3 is 0 Å². The van der Waals surface area contributed by atoms with Crippen molar-refractivity contribution in [2.24, 2.45) is 0 Å². The molecule has 6 rings (SSSR count). The van der Waals surface area contributed by atoms with Crippen LogP contribution in [0.2, 0.25) is 0 Å². The lowest BCUT2D eigenvalue weighted by Crippen LogP contribution is -2.04. The summed E-state index contributed by atoms with van der Waals surface area (Å²) in [6.07, 6.45) is 4.19. The molecule has 0 bridgehead atoms. The second kappa shape index (κ2) is 9.32. The molecule has 2 heterocycles. The van der Waals surface area contributed by atoms with Crippen LogP contribution < -0.4 is 0 Å². The highest BCUT2D eigenvalue weighted by Crippen LogP contribution is 2.22. The Balaban J connectivity index is 1.17. The number of carbonyl (C=O) groups is 2. The summed E-state index contributed by atoms with van der Waals surface area (Å²) in [6.45, 7) is 0. The van der Waals surface area contributed by atoms with E-state index < -0.39 is 0 Å². The van der Waals surface area contributed by atoms with E-state index in [0.717, 1.165) is 38.6 Å². The van der Waals surface area contributed by atoms with Gasteiger partial charge in [0.1, 0.15) is 5.82 Å². The summed E-state index contributed by atoms with van der Waals surface area (Å²) in [4.78, 5) is 28.5. The van der Waals surface area contributed by atoms with Crippen LogP contribution in [0.3, 0.4) is 0 Å². The fourth-order valence-corrected chi connectivity index (χ4v) is 4.59. The van der Waals surface area contributed by atoms with Gasteiger partial charge in [-0.25, -0.2) is 9.07 Å². The highest BCUT2D eigenvalue weighted by atomic mass is 19.1. The predicted octanol–water partition coefficient (Wildman–Crippen LogP) is 6.50. The van der Waals surface area contributed by atoms with Crippen molar-refractivity contribution in [3.05, 3.63) is 131 Å². The number of aromatic nitrogens is 3. The lowest BCUT2D eigenvalue weighted by Gasteiger charge is -2.07. The molecule has 0 radical (unpaired) electrons. The number of carbonyl (C=O) groups excluding carboxylic acids is 2. The van der Waals surface area contributed by atoms with Gasteiger partial charge in [0.05, 0.1) is 17.4 Å². The molecule has 0 unspecified atom stereocenters. The Morgan fingerprint density at radius 2 is 1.43 bits per heavy atom. The molecule has 0 fully saturated rings. The number of halogens is 1. The Hall–Kier alpha value is -4.84. The van der Waals surface area contributed by atoms with Gasteiger partial charge in [-0.3, -0.25) is 9.59 Å². The molecule has 0 saturated carbocycles. The second-order valence-electron chi connectivity index (χ2n) is 9.10. The third-order valence-corrected chi connectivity index (χ3v) is 6.58. The standard InChI is InChI=1S/C31H22FN3O2/c32-26-7-4-22(5-8-26)30(36)17-21-3-12-29-25(15-21)19-34-35(29)27-9-1-20(2-10-27)16-31(37)24-6-11-28-23(18-24)13-14-33-28/h1-15,18-19,33H,16-17H2. The number of hydrogen-bond donors (Lipinski definition) is 1. The van der Waals surface area contributed by atoms with Gasteiger partial charge in [0, 0.05) is 46.5 Å². The van der Waals surface area contributed by atoms with Crippen LogP contribution in [0.5, 0.6) is 0 Å². The molecule has 0 aliphatic rings. The molecule has 180 valence electrons. The van der Waals surface area contributed by atoms with E-state index in [4.69, 9.17) is 0 Å². The van der Waals surface area contributed by atoms with Crippen molar-refractivity contribution in [2.75, 3.05) is 0 Å². The minimum Gasteiger partial charge on any atom is -0.361 e. The Bertz CT molecular complexity index is 1760. The molecule has 37 heavy (non-hydrogen) atoms. The highest BCUT2D eigenvalue weighted by molar-refractivity contribution is 6.00. The topological polar surface area (TPSA) is 67.8 Å². The summed E-state index contributed by atoms with van der Waals surface area (Å²) in [5.41, 5.74) is 5.80. The Labute approximate surface area is 212 Å². The predicted molar refractivity (Wildman–Crippen MR) is 142 cm³/mol. The molecule has 6 aromatic rings. The van der Waals surface area contributed by atoms with Crippen molar-refractivity contribution in [3.8, 4) is 5.69 Å². The first-order chi connectivity index (χ1) is 18.0. The third kappa shape index (κ3) is 4.57. The van der Waals surface area contributed by atoms with Gasteiger partial charge in [0.25, 0.3) is 0 Å². The summed E-state index contributed by atoms with van der Waals surface area (Å²) in [6, 6.07) is 26.9. The summed E-state index contributed by atoms with van der Waals surface area (Å²) in [7, 11) is 0. The van der Waals surface area contributed by atoms with Crippen LogP contribution in [-0.4, -0.2) is 26.3 Å². The molecule has 2 aromatic heterocycles. The van der Waals surface area contributed by atoms with Crippen molar-refractivity contribution in [3.63, 3.8) is 0 Å². The monoisotopic (exact) mass is 487 g/mol. The Kier molecular flexibility index (Phi) is 5.69. The fraction of sp³-hybridized carbons (Fsp3) is 0.0645. The molecule has 0 atom stereocenters.